The fourth-order valence-electron chi connectivity index (χ4n) is 1.76. The molecule has 0 spiro atoms. The van der Waals surface area contributed by atoms with Gasteiger partial charge in [-0.25, -0.2) is 0 Å². The standard InChI is InChI=1S/C13H14O/c1-4-10-7-5-6-8-11(10)13-12(14-13)9(2)3/h1,5-9,12-13H,2-3H3. The van der Waals surface area contributed by atoms with Gasteiger partial charge in [0.1, 0.15) is 6.10 Å². The van der Waals surface area contributed by atoms with Gasteiger partial charge in [0.05, 0.1) is 6.10 Å². The summed E-state index contributed by atoms with van der Waals surface area (Å²) in [6.07, 6.45) is 6.01. The molecule has 0 radical (unpaired) electrons. The van der Waals surface area contributed by atoms with Gasteiger partial charge in [0.25, 0.3) is 0 Å². The predicted molar refractivity (Wildman–Crippen MR) is 56.8 cm³/mol. The summed E-state index contributed by atoms with van der Waals surface area (Å²) in [5.41, 5.74) is 2.12. The van der Waals surface area contributed by atoms with Gasteiger partial charge in [-0.15, -0.1) is 6.42 Å². The first-order valence-corrected chi connectivity index (χ1v) is 4.95. The molecule has 1 heteroatoms. The van der Waals surface area contributed by atoms with Gasteiger partial charge >= 0.3 is 0 Å². The molecule has 1 aromatic carbocycles. The van der Waals surface area contributed by atoms with E-state index in [1.807, 2.05) is 18.2 Å². The van der Waals surface area contributed by atoms with E-state index in [-0.39, 0.29) is 6.10 Å². The summed E-state index contributed by atoms with van der Waals surface area (Å²) in [5, 5.41) is 0. The van der Waals surface area contributed by atoms with Crippen LogP contribution in [0, 0.1) is 18.3 Å². The molecule has 1 aliphatic rings. The van der Waals surface area contributed by atoms with E-state index in [0.29, 0.717) is 12.0 Å². The van der Waals surface area contributed by atoms with E-state index < -0.39 is 0 Å². The lowest BCUT2D eigenvalue weighted by Crippen LogP contribution is -1.99. The van der Waals surface area contributed by atoms with E-state index in [2.05, 4.69) is 25.8 Å². The molecule has 1 fully saturated rings. The maximum Gasteiger partial charge on any atom is 0.111 e. The van der Waals surface area contributed by atoms with Crippen molar-refractivity contribution in [3.63, 3.8) is 0 Å². The van der Waals surface area contributed by atoms with E-state index in [1.165, 1.54) is 0 Å². The number of terminal acetylenes is 1. The molecule has 0 aliphatic carbocycles. The van der Waals surface area contributed by atoms with Gasteiger partial charge in [0, 0.05) is 5.56 Å². The van der Waals surface area contributed by atoms with Crippen molar-refractivity contribution in [1.82, 2.24) is 0 Å². The van der Waals surface area contributed by atoms with Crippen LogP contribution in [0.2, 0.25) is 0 Å². The van der Waals surface area contributed by atoms with Crippen LogP contribution in [0.3, 0.4) is 0 Å². The summed E-state index contributed by atoms with van der Waals surface area (Å²) < 4.78 is 5.61. The first-order chi connectivity index (χ1) is 6.74. The van der Waals surface area contributed by atoms with Crippen molar-refractivity contribution >= 4 is 0 Å². The third-order valence-corrected chi connectivity index (χ3v) is 2.61. The predicted octanol–water partition coefficient (Wildman–Crippen LogP) is 2.76. The maximum absolute atomic E-state index is 5.61. The average Bonchev–Trinajstić information content (AvgIpc) is 2.97. The molecule has 2 unspecified atom stereocenters. The van der Waals surface area contributed by atoms with E-state index in [4.69, 9.17) is 11.2 Å². The summed E-state index contributed by atoms with van der Waals surface area (Å²) in [5.74, 6) is 3.26. The Labute approximate surface area is 85.1 Å². The number of epoxide rings is 1. The molecule has 14 heavy (non-hydrogen) atoms. The molecule has 1 nitrogen and oxygen atoms in total. The quantitative estimate of drug-likeness (QED) is 0.511. The average molecular weight is 186 g/mol. The SMILES string of the molecule is C#Cc1ccccc1C1OC1C(C)C. The minimum Gasteiger partial charge on any atom is -0.364 e. The Bertz CT molecular complexity index is 373. The van der Waals surface area contributed by atoms with Gasteiger partial charge in [-0.2, -0.15) is 0 Å². The molecule has 2 atom stereocenters. The van der Waals surface area contributed by atoms with E-state index in [0.717, 1.165) is 11.1 Å². The first-order valence-electron chi connectivity index (χ1n) is 4.95. The van der Waals surface area contributed by atoms with Gasteiger partial charge in [-0.3, -0.25) is 0 Å². The molecule has 0 bridgehead atoms. The summed E-state index contributed by atoms with van der Waals surface area (Å²) in [6.45, 7) is 4.34. The Morgan fingerprint density at radius 3 is 2.64 bits per heavy atom. The Kier molecular flexibility index (Phi) is 2.31. The monoisotopic (exact) mass is 186 g/mol. The van der Waals surface area contributed by atoms with Crippen LogP contribution < -0.4 is 0 Å². The number of ether oxygens (including phenoxy) is 1. The highest BCUT2D eigenvalue weighted by Crippen LogP contribution is 2.43. The van der Waals surface area contributed by atoms with Crippen molar-refractivity contribution in [3.05, 3.63) is 35.4 Å². The minimum atomic E-state index is 0.224. The van der Waals surface area contributed by atoms with Crippen LogP contribution in [0.15, 0.2) is 24.3 Å². The molecule has 2 rings (SSSR count). The van der Waals surface area contributed by atoms with Crippen molar-refractivity contribution in [2.45, 2.75) is 26.1 Å². The summed E-state index contributed by atoms with van der Waals surface area (Å²) in [7, 11) is 0. The van der Waals surface area contributed by atoms with Crippen molar-refractivity contribution in [1.29, 1.82) is 0 Å². The number of hydrogen-bond donors (Lipinski definition) is 0. The normalized spacial score (nSPS) is 24.7. The van der Waals surface area contributed by atoms with Crippen LogP contribution in [0.25, 0.3) is 0 Å². The van der Waals surface area contributed by atoms with Crippen molar-refractivity contribution in [3.8, 4) is 12.3 Å². The molecule has 72 valence electrons. The summed E-state index contributed by atoms with van der Waals surface area (Å²) in [4.78, 5) is 0. The van der Waals surface area contributed by atoms with Crippen LogP contribution in [0.5, 0.6) is 0 Å². The molecule has 0 aromatic heterocycles. The highest BCUT2D eigenvalue weighted by Gasteiger charge is 2.42. The highest BCUT2D eigenvalue weighted by molar-refractivity contribution is 5.42. The number of benzene rings is 1. The highest BCUT2D eigenvalue weighted by atomic mass is 16.6. The van der Waals surface area contributed by atoms with Crippen LogP contribution >= 0.6 is 0 Å². The third kappa shape index (κ3) is 1.54. The number of hydrogen-bond acceptors (Lipinski definition) is 1. The molecule has 0 N–H and O–H groups in total. The zero-order valence-corrected chi connectivity index (χ0v) is 8.53. The smallest absolute Gasteiger partial charge is 0.111 e. The topological polar surface area (TPSA) is 12.5 Å². The molecule has 1 aliphatic heterocycles. The second-order valence-corrected chi connectivity index (χ2v) is 4.00. The molecular weight excluding hydrogens is 172 g/mol. The molecule has 1 saturated heterocycles. The lowest BCUT2D eigenvalue weighted by molar-refractivity contribution is 0.336. The number of rotatable bonds is 2. The second-order valence-electron chi connectivity index (χ2n) is 4.00. The van der Waals surface area contributed by atoms with Gasteiger partial charge in [-0.05, 0) is 17.5 Å². The van der Waals surface area contributed by atoms with E-state index in [9.17, 15) is 0 Å². The van der Waals surface area contributed by atoms with Gasteiger partial charge in [0.15, 0.2) is 0 Å². The molecule has 0 amide bonds. The summed E-state index contributed by atoms with van der Waals surface area (Å²) in [6, 6.07) is 8.00. The van der Waals surface area contributed by atoms with Crippen LogP contribution in [-0.2, 0) is 4.74 Å². The second kappa shape index (κ2) is 3.48. The Hall–Kier alpha value is -1.26. The fraction of sp³-hybridized carbons (Fsp3) is 0.385. The fourth-order valence-corrected chi connectivity index (χ4v) is 1.76. The maximum atomic E-state index is 5.61. The lowest BCUT2D eigenvalue weighted by Gasteiger charge is -2.01. The van der Waals surface area contributed by atoms with Gasteiger partial charge < -0.3 is 4.74 Å². The first kappa shape index (κ1) is 9.30. The zero-order chi connectivity index (χ0) is 10.1. The van der Waals surface area contributed by atoms with Crippen molar-refractivity contribution in [2.24, 2.45) is 5.92 Å². The van der Waals surface area contributed by atoms with Crippen LogP contribution in [0.1, 0.15) is 31.1 Å². The van der Waals surface area contributed by atoms with E-state index in [1.54, 1.807) is 0 Å². The summed E-state index contributed by atoms with van der Waals surface area (Å²) >= 11 is 0. The Balaban J connectivity index is 2.23. The van der Waals surface area contributed by atoms with Crippen LogP contribution in [0.4, 0.5) is 0 Å². The molecular formula is C13H14O. The van der Waals surface area contributed by atoms with E-state index >= 15 is 0 Å². The Morgan fingerprint density at radius 2 is 2.07 bits per heavy atom. The molecule has 0 saturated carbocycles. The third-order valence-electron chi connectivity index (χ3n) is 2.61. The van der Waals surface area contributed by atoms with Gasteiger partial charge in [-0.1, -0.05) is 38.0 Å². The van der Waals surface area contributed by atoms with Crippen molar-refractivity contribution in [2.75, 3.05) is 0 Å². The zero-order valence-electron chi connectivity index (χ0n) is 8.53. The minimum absolute atomic E-state index is 0.224. The van der Waals surface area contributed by atoms with Crippen molar-refractivity contribution < 1.29 is 4.74 Å². The Morgan fingerprint density at radius 1 is 1.36 bits per heavy atom. The van der Waals surface area contributed by atoms with Crippen LogP contribution in [-0.4, -0.2) is 6.10 Å². The largest absolute Gasteiger partial charge is 0.364 e. The molecule has 1 aromatic rings. The molecule has 1 heterocycles. The lowest BCUT2D eigenvalue weighted by atomic mass is 9.99. The van der Waals surface area contributed by atoms with Gasteiger partial charge in [0.2, 0.25) is 0 Å².